The lowest BCUT2D eigenvalue weighted by Gasteiger charge is -2.22. The Kier molecular flexibility index (Phi) is 7.16. The molecule has 2 atom stereocenters. The van der Waals surface area contributed by atoms with E-state index < -0.39 is 35.8 Å². The highest BCUT2D eigenvalue weighted by Gasteiger charge is 2.27. The van der Waals surface area contributed by atoms with E-state index in [1.165, 1.54) is 25.3 Å². The third-order valence-corrected chi connectivity index (χ3v) is 3.44. The smallest absolute Gasteiger partial charge is 0.328 e. The van der Waals surface area contributed by atoms with Gasteiger partial charge in [-0.3, -0.25) is 4.79 Å². The van der Waals surface area contributed by atoms with Gasteiger partial charge in [0.25, 0.3) is 0 Å². The van der Waals surface area contributed by atoms with Crippen LogP contribution in [0, 0.1) is 11.7 Å². The number of carbonyl (C=O) groups excluding carboxylic acids is 3. The molecular weight excluding hydrogens is 317 g/mol. The maximum Gasteiger partial charge on any atom is 0.328 e. The van der Waals surface area contributed by atoms with E-state index >= 15 is 0 Å². The summed E-state index contributed by atoms with van der Waals surface area (Å²) in [6, 6.07) is 3.11. The fourth-order valence-electron chi connectivity index (χ4n) is 2.07. The average Bonchev–Trinajstić information content (AvgIpc) is 2.52. The topological polar surface area (TPSA) is 111 Å². The van der Waals surface area contributed by atoms with Crippen molar-refractivity contribution in [1.82, 2.24) is 10.6 Å². The number of primary amides is 1. The predicted molar refractivity (Wildman–Crippen MR) is 85.4 cm³/mol. The number of rotatable bonds is 7. The molecule has 1 rings (SSSR count). The van der Waals surface area contributed by atoms with Crippen LogP contribution in [-0.4, -0.2) is 37.1 Å². The molecular formula is C16H22FN3O4. The number of benzene rings is 1. The van der Waals surface area contributed by atoms with Crippen LogP contribution >= 0.6 is 0 Å². The molecule has 1 aromatic rings. The Morgan fingerprint density at radius 1 is 1.21 bits per heavy atom. The van der Waals surface area contributed by atoms with E-state index in [1.54, 1.807) is 19.9 Å². The first-order valence-corrected chi connectivity index (χ1v) is 7.43. The number of ether oxygens (including phenoxy) is 1. The van der Waals surface area contributed by atoms with Crippen molar-refractivity contribution in [3.8, 4) is 0 Å². The average molecular weight is 339 g/mol. The molecule has 7 nitrogen and oxygen atoms in total. The van der Waals surface area contributed by atoms with Gasteiger partial charge in [-0.25, -0.2) is 14.0 Å². The second kappa shape index (κ2) is 8.85. The summed E-state index contributed by atoms with van der Waals surface area (Å²) in [6.45, 7) is 3.46. The molecule has 0 aliphatic carbocycles. The molecule has 0 saturated heterocycles. The summed E-state index contributed by atoms with van der Waals surface area (Å²) in [4.78, 5) is 35.2. The van der Waals surface area contributed by atoms with Gasteiger partial charge in [0.1, 0.15) is 17.9 Å². The van der Waals surface area contributed by atoms with E-state index in [1.807, 2.05) is 0 Å². The minimum atomic E-state index is -1.12. The van der Waals surface area contributed by atoms with Gasteiger partial charge in [0.05, 0.1) is 7.11 Å². The van der Waals surface area contributed by atoms with Gasteiger partial charge < -0.3 is 21.1 Å². The zero-order valence-corrected chi connectivity index (χ0v) is 13.8. The number of methoxy groups -OCH3 is 1. The largest absolute Gasteiger partial charge is 0.467 e. The third kappa shape index (κ3) is 5.53. The van der Waals surface area contributed by atoms with Crippen LogP contribution in [0.1, 0.15) is 19.4 Å². The second-order valence-corrected chi connectivity index (χ2v) is 5.61. The fourth-order valence-corrected chi connectivity index (χ4v) is 2.07. The van der Waals surface area contributed by atoms with Crippen molar-refractivity contribution in [1.29, 1.82) is 0 Å². The Hall–Kier alpha value is -2.64. The number of nitrogens with two attached hydrogens (primary N) is 1. The van der Waals surface area contributed by atoms with Gasteiger partial charge in [-0.15, -0.1) is 0 Å². The van der Waals surface area contributed by atoms with Gasteiger partial charge in [-0.1, -0.05) is 32.0 Å². The van der Waals surface area contributed by atoms with Crippen molar-refractivity contribution in [2.75, 3.05) is 7.11 Å². The molecule has 0 spiro atoms. The summed E-state index contributed by atoms with van der Waals surface area (Å²) in [5.74, 6) is -2.14. The monoisotopic (exact) mass is 339 g/mol. The molecule has 0 saturated carbocycles. The van der Waals surface area contributed by atoms with Crippen LogP contribution < -0.4 is 16.4 Å². The molecule has 4 N–H and O–H groups in total. The zero-order valence-electron chi connectivity index (χ0n) is 13.8. The predicted octanol–water partition coefficient (Wildman–Crippen LogP) is 0.719. The maximum absolute atomic E-state index is 13.7. The van der Waals surface area contributed by atoms with Gasteiger partial charge in [0.2, 0.25) is 5.91 Å². The molecule has 0 fully saturated rings. The number of nitrogens with one attached hydrogen (secondary N) is 2. The molecule has 8 heteroatoms. The number of hydrogen-bond acceptors (Lipinski definition) is 4. The number of hydrogen-bond donors (Lipinski definition) is 3. The number of amides is 3. The molecule has 132 valence electrons. The number of halogens is 1. The normalized spacial score (nSPS) is 13.0. The van der Waals surface area contributed by atoms with Gasteiger partial charge in [-0.05, 0) is 17.5 Å². The molecule has 3 amide bonds. The lowest BCUT2D eigenvalue weighted by Crippen LogP contribution is -2.54. The van der Waals surface area contributed by atoms with E-state index in [9.17, 15) is 18.8 Å². The standard InChI is InChI=1S/C16H22FN3O4/c1-9(2)13(15(22)24-3)20-16(23)19-12(14(18)21)8-10-6-4-5-7-11(10)17/h4-7,9,12-13H,8H2,1-3H3,(H2,18,21)(H2,19,20,23)/t12-,13?/m0/s1. The van der Waals surface area contributed by atoms with Gasteiger partial charge in [0.15, 0.2) is 0 Å². The van der Waals surface area contributed by atoms with Crippen molar-refractivity contribution in [3.63, 3.8) is 0 Å². The minimum Gasteiger partial charge on any atom is -0.467 e. The molecule has 0 heterocycles. The van der Waals surface area contributed by atoms with Crippen molar-refractivity contribution < 1.29 is 23.5 Å². The summed E-state index contributed by atoms with van der Waals surface area (Å²) < 4.78 is 18.3. The van der Waals surface area contributed by atoms with E-state index in [0.717, 1.165) is 0 Å². The third-order valence-electron chi connectivity index (χ3n) is 3.44. The Labute approximate surface area is 139 Å². The second-order valence-electron chi connectivity index (χ2n) is 5.61. The Bertz CT molecular complexity index is 607. The molecule has 1 unspecified atom stereocenters. The molecule has 0 bridgehead atoms. The van der Waals surface area contributed by atoms with E-state index in [-0.39, 0.29) is 17.9 Å². The van der Waals surface area contributed by atoms with Crippen LogP contribution in [0.4, 0.5) is 9.18 Å². The Morgan fingerprint density at radius 2 is 1.83 bits per heavy atom. The van der Waals surface area contributed by atoms with Crippen LogP contribution in [0.2, 0.25) is 0 Å². The van der Waals surface area contributed by atoms with Gasteiger partial charge in [-0.2, -0.15) is 0 Å². The first-order valence-electron chi connectivity index (χ1n) is 7.43. The van der Waals surface area contributed by atoms with Crippen molar-refractivity contribution >= 4 is 17.9 Å². The van der Waals surface area contributed by atoms with Gasteiger partial charge in [0, 0.05) is 6.42 Å². The molecule has 0 radical (unpaired) electrons. The molecule has 0 aliphatic heterocycles. The van der Waals surface area contributed by atoms with Crippen LogP contribution in [0.5, 0.6) is 0 Å². The molecule has 24 heavy (non-hydrogen) atoms. The van der Waals surface area contributed by atoms with Crippen molar-refractivity contribution in [2.45, 2.75) is 32.4 Å². The van der Waals surface area contributed by atoms with Gasteiger partial charge >= 0.3 is 12.0 Å². The Morgan fingerprint density at radius 3 is 2.33 bits per heavy atom. The fraction of sp³-hybridized carbons (Fsp3) is 0.438. The highest BCUT2D eigenvalue weighted by Crippen LogP contribution is 2.09. The number of esters is 1. The summed E-state index contributed by atoms with van der Waals surface area (Å²) in [5, 5.41) is 4.78. The Balaban J connectivity index is 2.78. The summed E-state index contributed by atoms with van der Waals surface area (Å²) >= 11 is 0. The molecule has 0 aliphatic rings. The lowest BCUT2D eigenvalue weighted by molar-refractivity contribution is -0.143. The molecule has 1 aromatic carbocycles. The molecule has 0 aromatic heterocycles. The number of urea groups is 1. The van der Waals surface area contributed by atoms with Crippen molar-refractivity contribution in [3.05, 3.63) is 35.6 Å². The highest BCUT2D eigenvalue weighted by molar-refractivity contribution is 5.88. The summed E-state index contributed by atoms with van der Waals surface area (Å²) in [6.07, 6.45) is -0.0972. The van der Waals surface area contributed by atoms with E-state index in [0.29, 0.717) is 0 Å². The van der Waals surface area contributed by atoms with Crippen molar-refractivity contribution in [2.24, 2.45) is 11.7 Å². The van der Waals surface area contributed by atoms with Crippen LogP contribution in [0.15, 0.2) is 24.3 Å². The summed E-state index contributed by atoms with van der Waals surface area (Å²) in [7, 11) is 1.21. The number of carbonyl (C=O) groups is 3. The SMILES string of the molecule is COC(=O)C(NC(=O)N[C@@H](Cc1ccccc1F)C(N)=O)C(C)C. The van der Waals surface area contributed by atoms with Crippen LogP contribution in [0.25, 0.3) is 0 Å². The van der Waals surface area contributed by atoms with E-state index in [4.69, 9.17) is 5.73 Å². The minimum absolute atomic E-state index is 0.0972. The maximum atomic E-state index is 13.7. The first kappa shape index (κ1) is 19.4. The first-order chi connectivity index (χ1) is 11.3. The highest BCUT2D eigenvalue weighted by atomic mass is 19.1. The quantitative estimate of drug-likeness (QED) is 0.636. The van der Waals surface area contributed by atoms with Crippen LogP contribution in [0.3, 0.4) is 0 Å². The van der Waals surface area contributed by atoms with E-state index in [2.05, 4.69) is 15.4 Å². The lowest BCUT2D eigenvalue weighted by atomic mass is 10.0. The van der Waals surface area contributed by atoms with Crippen LogP contribution in [-0.2, 0) is 20.7 Å². The zero-order chi connectivity index (χ0) is 18.3. The summed E-state index contributed by atoms with van der Waals surface area (Å²) in [5.41, 5.74) is 5.51.